The molecule has 4 nitrogen and oxygen atoms in total. The van der Waals surface area contributed by atoms with Crippen LogP contribution in [0.1, 0.15) is 12.5 Å². The number of fused-ring (bicyclic) bond motifs is 1. The Balaban J connectivity index is 1.91. The van der Waals surface area contributed by atoms with Crippen LogP contribution in [0.25, 0.3) is 0 Å². The minimum absolute atomic E-state index is 0.0111. The fourth-order valence-electron chi connectivity index (χ4n) is 2.78. The Hall–Kier alpha value is -1.26. The molecule has 0 spiro atoms. The van der Waals surface area contributed by atoms with E-state index in [9.17, 15) is 0 Å². The molecule has 1 aromatic rings. The van der Waals surface area contributed by atoms with Gasteiger partial charge in [0.15, 0.2) is 11.5 Å². The van der Waals surface area contributed by atoms with Crippen LogP contribution in [0, 0.1) is 0 Å². The molecule has 1 aromatic carbocycles. The molecule has 0 bridgehead atoms. The predicted octanol–water partition coefficient (Wildman–Crippen LogP) is 1.21. The lowest BCUT2D eigenvalue weighted by Crippen LogP contribution is -2.55. The average molecular weight is 248 g/mol. The second-order valence-corrected chi connectivity index (χ2v) is 5.36. The van der Waals surface area contributed by atoms with E-state index in [0.29, 0.717) is 13.2 Å². The van der Waals surface area contributed by atoms with Crippen molar-refractivity contribution in [2.45, 2.75) is 12.5 Å². The highest BCUT2D eigenvalue weighted by Gasteiger charge is 2.31. The zero-order chi connectivity index (χ0) is 12.6. The van der Waals surface area contributed by atoms with E-state index in [1.54, 1.807) is 0 Å². The lowest BCUT2D eigenvalue weighted by molar-refractivity contribution is 0.162. The van der Waals surface area contributed by atoms with Gasteiger partial charge in [0.25, 0.3) is 0 Å². The second kappa shape index (κ2) is 4.44. The van der Waals surface area contributed by atoms with Crippen LogP contribution in [-0.2, 0) is 5.54 Å². The maximum Gasteiger partial charge on any atom is 0.161 e. The van der Waals surface area contributed by atoms with Gasteiger partial charge >= 0.3 is 0 Å². The zero-order valence-electron chi connectivity index (χ0n) is 11.0. The molecule has 1 atom stereocenters. The number of rotatable bonds is 1. The Labute approximate surface area is 108 Å². The van der Waals surface area contributed by atoms with Gasteiger partial charge in [-0.3, -0.25) is 0 Å². The Morgan fingerprint density at radius 1 is 1.22 bits per heavy atom. The topological polar surface area (TPSA) is 33.7 Å². The summed E-state index contributed by atoms with van der Waals surface area (Å²) in [4.78, 5) is 2.35. The second-order valence-electron chi connectivity index (χ2n) is 5.36. The molecule has 0 amide bonds. The fourth-order valence-corrected chi connectivity index (χ4v) is 2.78. The number of ether oxygens (including phenoxy) is 2. The van der Waals surface area contributed by atoms with Gasteiger partial charge < -0.3 is 19.7 Å². The Bertz CT molecular complexity index is 449. The van der Waals surface area contributed by atoms with Gasteiger partial charge in [-0.1, -0.05) is 6.07 Å². The van der Waals surface area contributed by atoms with Crippen molar-refractivity contribution in [1.82, 2.24) is 10.2 Å². The lowest BCUT2D eigenvalue weighted by atomic mass is 9.89. The highest BCUT2D eigenvalue weighted by atomic mass is 16.6. The van der Waals surface area contributed by atoms with Gasteiger partial charge in [0, 0.05) is 19.6 Å². The quantitative estimate of drug-likeness (QED) is 0.810. The van der Waals surface area contributed by atoms with Crippen LogP contribution in [0.5, 0.6) is 11.5 Å². The molecule has 18 heavy (non-hydrogen) atoms. The number of likely N-dealkylation sites (N-methyl/N-ethyl adjacent to an activating group) is 1. The Kier molecular flexibility index (Phi) is 2.92. The molecule has 1 fully saturated rings. The molecule has 1 N–H and O–H groups in total. The van der Waals surface area contributed by atoms with E-state index in [1.165, 1.54) is 5.56 Å². The summed E-state index contributed by atoms with van der Waals surface area (Å²) in [6, 6.07) is 6.27. The molecule has 1 unspecified atom stereocenters. The molecular formula is C14H20N2O2. The highest BCUT2D eigenvalue weighted by molar-refractivity contribution is 5.46. The Morgan fingerprint density at radius 3 is 2.78 bits per heavy atom. The third-order valence-corrected chi connectivity index (χ3v) is 3.77. The van der Waals surface area contributed by atoms with Crippen LogP contribution in [-0.4, -0.2) is 44.8 Å². The molecule has 4 heteroatoms. The molecule has 2 heterocycles. The van der Waals surface area contributed by atoms with Crippen molar-refractivity contribution in [1.29, 1.82) is 0 Å². The molecule has 2 aliphatic heterocycles. The molecule has 98 valence electrons. The van der Waals surface area contributed by atoms with E-state index in [-0.39, 0.29) is 5.54 Å². The summed E-state index contributed by atoms with van der Waals surface area (Å²) < 4.78 is 11.2. The van der Waals surface area contributed by atoms with E-state index in [4.69, 9.17) is 9.47 Å². The fraction of sp³-hybridized carbons (Fsp3) is 0.571. The van der Waals surface area contributed by atoms with Gasteiger partial charge in [0.2, 0.25) is 0 Å². The number of piperazine rings is 1. The van der Waals surface area contributed by atoms with Crippen molar-refractivity contribution >= 4 is 0 Å². The third-order valence-electron chi connectivity index (χ3n) is 3.77. The molecule has 0 aromatic heterocycles. The Morgan fingerprint density at radius 2 is 2.00 bits per heavy atom. The van der Waals surface area contributed by atoms with Crippen LogP contribution < -0.4 is 14.8 Å². The van der Waals surface area contributed by atoms with E-state index in [1.807, 2.05) is 6.07 Å². The highest BCUT2D eigenvalue weighted by Crippen LogP contribution is 2.35. The van der Waals surface area contributed by atoms with E-state index in [2.05, 4.69) is 36.3 Å². The summed E-state index contributed by atoms with van der Waals surface area (Å²) in [5.41, 5.74) is 1.25. The molecule has 0 aliphatic carbocycles. The first-order chi connectivity index (χ1) is 8.67. The van der Waals surface area contributed by atoms with Gasteiger partial charge in [-0.25, -0.2) is 0 Å². The first kappa shape index (κ1) is 11.8. The maximum absolute atomic E-state index is 5.66. The normalized spacial score (nSPS) is 28.1. The molecule has 3 rings (SSSR count). The SMILES string of the molecule is CN1CCNC(C)(c2ccc3c(c2)OCCO3)C1. The number of benzene rings is 1. The third kappa shape index (κ3) is 2.06. The minimum atomic E-state index is -0.0111. The van der Waals surface area contributed by atoms with Crippen molar-refractivity contribution in [2.75, 3.05) is 39.9 Å². The van der Waals surface area contributed by atoms with Crippen LogP contribution in [0.2, 0.25) is 0 Å². The van der Waals surface area contributed by atoms with Crippen molar-refractivity contribution in [3.8, 4) is 11.5 Å². The van der Waals surface area contributed by atoms with Gasteiger partial charge in [-0.2, -0.15) is 0 Å². The van der Waals surface area contributed by atoms with E-state index >= 15 is 0 Å². The van der Waals surface area contributed by atoms with Gasteiger partial charge in [0.05, 0.1) is 5.54 Å². The van der Waals surface area contributed by atoms with Crippen molar-refractivity contribution in [3.05, 3.63) is 23.8 Å². The number of nitrogens with zero attached hydrogens (tertiary/aromatic N) is 1. The molecule has 1 saturated heterocycles. The van der Waals surface area contributed by atoms with Crippen molar-refractivity contribution < 1.29 is 9.47 Å². The minimum Gasteiger partial charge on any atom is -0.486 e. The maximum atomic E-state index is 5.66. The number of hydrogen-bond donors (Lipinski definition) is 1. The number of nitrogens with one attached hydrogen (secondary N) is 1. The van der Waals surface area contributed by atoms with E-state index < -0.39 is 0 Å². The molecule has 2 aliphatic rings. The summed E-state index contributed by atoms with van der Waals surface area (Å²) >= 11 is 0. The van der Waals surface area contributed by atoms with Crippen LogP contribution in [0.3, 0.4) is 0 Å². The molecule has 0 saturated carbocycles. The monoisotopic (exact) mass is 248 g/mol. The summed E-state index contributed by atoms with van der Waals surface area (Å²) in [5, 5.41) is 3.61. The largest absolute Gasteiger partial charge is 0.486 e. The lowest BCUT2D eigenvalue weighted by Gasteiger charge is -2.40. The van der Waals surface area contributed by atoms with Crippen LogP contribution in [0.4, 0.5) is 0 Å². The van der Waals surface area contributed by atoms with Crippen LogP contribution in [0.15, 0.2) is 18.2 Å². The molecular weight excluding hydrogens is 228 g/mol. The smallest absolute Gasteiger partial charge is 0.161 e. The first-order valence-electron chi connectivity index (χ1n) is 6.51. The summed E-state index contributed by atoms with van der Waals surface area (Å²) in [6.07, 6.45) is 0. The first-order valence-corrected chi connectivity index (χ1v) is 6.51. The van der Waals surface area contributed by atoms with Gasteiger partial charge in [-0.15, -0.1) is 0 Å². The van der Waals surface area contributed by atoms with Gasteiger partial charge in [-0.05, 0) is 31.7 Å². The van der Waals surface area contributed by atoms with E-state index in [0.717, 1.165) is 31.1 Å². The number of hydrogen-bond acceptors (Lipinski definition) is 4. The van der Waals surface area contributed by atoms with Crippen LogP contribution >= 0.6 is 0 Å². The summed E-state index contributed by atoms with van der Waals surface area (Å²) in [7, 11) is 2.16. The summed E-state index contributed by atoms with van der Waals surface area (Å²) in [6.45, 7) is 6.65. The summed E-state index contributed by atoms with van der Waals surface area (Å²) in [5.74, 6) is 1.73. The standard InChI is InChI=1S/C14H20N2O2/c1-14(10-16(2)6-5-15-14)11-3-4-12-13(9-11)18-8-7-17-12/h3-4,9,15H,5-8,10H2,1-2H3. The van der Waals surface area contributed by atoms with Crippen molar-refractivity contribution in [3.63, 3.8) is 0 Å². The van der Waals surface area contributed by atoms with Gasteiger partial charge in [0.1, 0.15) is 13.2 Å². The van der Waals surface area contributed by atoms with Crippen molar-refractivity contribution in [2.24, 2.45) is 0 Å². The molecule has 0 radical (unpaired) electrons. The predicted molar refractivity (Wildman–Crippen MR) is 70.3 cm³/mol. The zero-order valence-corrected chi connectivity index (χ0v) is 11.0. The average Bonchev–Trinajstić information content (AvgIpc) is 2.38.